The van der Waals surface area contributed by atoms with Gasteiger partial charge in [0.15, 0.2) is 11.9 Å². The average Bonchev–Trinajstić information content (AvgIpc) is 2.61. The zero-order chi connectivity index (χ0) is 18.4. The minimum Gasteiger partial charge on any atom is -0.496 e. The molecule has 2 aromatic rings. The van der Waals surface area contributed by atoms with Crippen LogP contribution in [0.4, 0.5) is 5.69 Å². The number of nitrogens with one attached hydrogen (secondary N) is 1. The van der Waals surface area contributed by atoms with Crippen LogP contribution >= 0.6 is 0 Å². The first kappa shape index (κ1) is 18.2. The Kier molecular flexibility index (Phi) is 5.89. The van der Waals surface area contributed by atoms with Gasteiger partial charge < -0.3 is 14.8 Å². The van der Waals surface area contributed by atoms with Gasteiger partial charge in [-0.1, -0.05) is 24.3 Å². The number of para-hydroxylation sites is 2. The number of Topliss-reactive ketones (excluding diaryl/α,β-unsaturated/α-hetero) is 1. The summed E-state index contributed by atoms with van der Waals surface area (Å²) >= 11 is 0. The Bertz CT molecular complexity index is 800. The monoisotopic (exact) mass is 341 g/mol. The summed E-state index contributed by atoms with van der Waals surface area (Å²) in [4.78, 5) is 36.1. The molecule has 0 spiro atoms. The third-order valence-electron chi connectivity index (χ3n) is 3.54. The Hall–Kier alpha value is -3.15. The molecule has 0 heterocycles. The predicted molar refractivity (Wildman–Crippen MR) is 92.9 cm³/mol. The van der Waals surface area contributed by atoms with Crippen LogP contribution < -0.4 is 10.1 Å². The lowest BCUT2D eigenvalue weighted by Gasteiger charge is -2.15. The van der Waals surface area contributed by atoms with E-state index in [-0.39, 0.29) is 11.3 Å². The lowest BCUT2D eigenvalue weighted by atomic mass is 10.1. The zero-order valence-corrected chi connectivity index (χ0v) is 14.2. The number of carbonyl (C=O) groups excluding carboxylic acids is 3. The molecule has 1 amide bonds. The summed E-state index contributed by atoms with van der Waals surface area (Å²) in [5, 5.41) is 2.61. The van der Waals surface area contributed by atoms with Crippen LogP contribution in [0.2, 0.25) is 0 Å². The number of hydrogen-bond acceptors (Lipinski definition) is 5. The van der Waals surface area contributed by atoms with Gasteiger partial charge in [-0.3, -0.25) is 9.59 Å². The Labute approximate surface area is 145 Å². The van der Waals surface area contributed by atoms with Crippen LogP contribution in [0, 0.1) is 0 Å². The van der Waals surface area contributed by atoms with Crippen LogP contribution in [0.3, 0.4) is 0 Å². The van der Waals surface area contributed by atoms with Crippen molar-refractivity contribution in [3.63, 3.8) is 0 Å². The van der Waals surface area contributed by atoms with Crippen LogP contribution in [0.5, 0.6) is 5.75 Å². The van der Waals surface area contributed by atoms with E-state index in [2.05, 4.69) is 5.32 Å². The molecule has 6 nitrogen and oxygen atoms in total. The molecule has 0 saturated carbocycles. The topological polar surface area (TPSA) is 81.7 Å². The van der Waals surface area contributed by atoms with E-state index in [1.807, 2.05) is 0 Å². The summed E-state index contributed by atoms with van der Waals surface area (Å²) in [7, 11) is 1.45. The van der Waals surface area contributed by atoms with Crippen molar-refractivity contribution in [2.24, 2.45) is 0 Å². The quantitative estimate of drug-likeness (QED) is 0.645. The van der Waals surface area contributed by atoms with Gasteiger partial charge in [-0.15, -0.1) is 0 Å². The first-order valence-corrected chi connectivity index (χ1v) is 7.69. The van der Waals surface area contributed by atoms with Crippen molar-refractivity contribution in [2.75, 3.05) is 12.4 Å². The number of hydrogen-bond donors (Lipinski definition) is 1. The van der Waals surface area contributed by atoms with Gasteiger partial charge in [0.2, 0.25) is 0 Å². The van der Waals surface area contributed by atoms with Crippen LogP contribution in [0.1, 0.15) is 34.6 Å². The lowest BCUT2D eigenvalue weighted by Crippen LogP contribution is -2.30. The van der Waals surface area contributed by atoms with Crippen molar-refractivity contribution in [1.82, 2.24) is 0 Å². The number of methoxy groups -OCH3 is 1. The van der Waals surface area contributed by atoms with E-state index in [0.717, 1.165) is 0 Å². The summed E-state index contributed by atoms with van der Waals surface area (Å²) in [6, 6.07) is 13.2. The van der Waals surface area contributed by atoms with E-state index in [9.17, 15) is 14.4 Å². The molecule has 0 aliphatic carbocycles. The van der Waals surface area contributed by atoms with Crippen molar-refractivity contribution in [3.05, 3.63) is 59.7 Å². The first-order chi connectivity index (χ1) is 11.9. The van der Waals surface area contributed by atoms with Crippen molar-refractivity contribution < 1.29 is 23.9 Å². The summed E-state index contributed by atoms with van der Waals surface area (Å²) in [6.07, 6.45) is -1.04. The van der Waals surface area contributed by atoms with E-state index in [0.29, 0.717) is 17.0 Å². The van der Waals surface area contributed by atoms with Crippen LogP contribution in [0.15, 0.2) is 48.5 Å². The molecule has 1 N–H and O–H groups in total. The van der Waals surface area contributed by atoms with Crippen molar-refractivity contribution >= 4 is 23.3 Å². The number of esters is 1. The first-order valence-electron chi connectivity index (χ1n) is 7.69. The smallest absolute Gasteiger partial charge is 0.342 e. The summed E-state index contributed by atoms with van der Waals surface area (Å²) in [5.74, 6) is -1.01. The Morgan fingerprint density at radius 1 is 0.960 bits per heavy atom. The van der Waals surface area contributed by atoms with Gasteiger partial charge in [-0.2, -0.15) is 0 Å². The second-order valence-electron chi connectivity index (χ2n) is 5.34. The van der Waals surface area contributed by atoms with Crippen LogP contribution in [-0.4, -0.2) is 30.9 Å². The Morgan fingerprint density at radius 2 is 1.56 bits per heavy atom. The molecule has 6 heteroatoms. The molecule has 25 heavy (non-hydrogen) atoms. The van der Waals surface area contributed by atoms with Crippen molar-refractivity contribution in [2.45, 2.75) is 20.0 Å². The van der Waals surface area contributed by atoms with Crippen LogP contribution in [0.25, 0.3) is 0 Å². The average molecular weight is 341 g/mol. The fourth-order valence-corrected chi connectivity index (χ4v) is 2.22. The fourth-order valence-electron chi connectivity index (χ4n) is 2.22. The van der Waals surface area contributed by atoms with E-state index in [1.165, 1.54) is 21.0 Å². The van der Waals surface area contributed by atoms with Crippen LogP contribution in [-0.2, 0) is 9.53 Å². The highest BCUT2D eigenvalue weighted by Crippen LogP contribution is 2.20. The highest BCUT2D eigenvalue weighted by atomic mass is 16.5. The molecule has 0 fully saturated rings. The molecule has 0 radical (unpaired) electrons. The summed E-state index contributed by atoms with van der Waals surface area (Å²) < 4.78 is 10.3. The molecule has 0 bridgehead atoms. The molecule has 0 unspecified atom stereocenters. The second-order valence-corrected chi connectivity index (χ2v) is 5.34. The summed E-state index contributed by atoms with van der Waals surface area (Å²) in [5.41, 5.74) is 0.994. The minimum atomic E-state index is -1.04. The van der Waals surface area contributed by atoms with Gasteiger partial charge in [0.1, 0.15) is 11.3 Å². The van der Waals surface area contributed by atoms with Crippen molar-refractivity contribution in [1.29, 1.82) is 0 Å². The lowest BCUT2D eigenvalue weighted by molar-refractivity contribution is -0.123. The van der Waals surface area contributed by atoms with E-state index < -0.39 is 18.0 Å². The molecule has 0 aromatic heterocycles. The van der Waals surface area contributed by atoms with Gasteiger partial charge in [0.25, 0.3) is 5.91 Å². The van der Waals surface area contributed by atoms with Gasteiger partial charge in [0.05, 0.1) is 12.8 Å². The molecule has 2 aromatic carbocycles. The molecule has 0 aliphatic rings. The molecule has 2 rings (SSSR count). The van der Waals surface area contributed by atoms with Gasteiger partial charge in [-0.05, 0) is 38.1 Å². The van der Waals surface area contributed by atoms with E-state index >= 15 is 0 Å². The maximum atomic E-state index is 12.3. The molecule has 0 saturated heterocycles. The fraction of sp³-hybridized carbons (Fsp3) is 0.211. The molecule has 0 aliphatic heterocycles. The Balaban J connectivity index is 2.08. The SMILES string of the molecule is COc1ccccc1C(=O)O[C@@H](C)C(=O)Nc1ccccc1C(C)=O. The normalized spacial score (nSPS) is 11.3. The maximum absolute atomic E-state index is 12.3. The Morgan fingerprint density at radius 3 is 2.20 bits per heavy atom. The number of rotatable bonds is 6. The standard InChI is InChI=1S/C19H19NO5/c1-12(21)14-8-4-6-10-16(14)20-18(22)13(2)25-19(23)15-9-5-7-11-17(15)24-3/h4-11,13H,1-3H3,(H,20,22)/t13-/m0/s1. The maximum Gasteiger partial charge on any atom is 0.342 e. The van der Waals surface area contributed by atoms with Gasteiger partial charge >= 0.3 is 5.97 Å². The predicted octanol–water partition coefficient (Wildman–Crippen LogP) is 3.08. The second kappa shape index (κ2) is 8.10. The largest absolute Gasteiger partial charge is 0.496 e. The molecular weight excluding hydrogens is 322 g/mol. The minimum absolute atomic E-state index is 0.172. The third kappa shape index (κ3) is 4.44. The third-order valence-corrected chi connectivity index (χ3v) is 3.54. The van der Waals surface area contributed by atoms with E-state index in [1.54, 1.807) is 48.5 Å². The number of anilines is 1. The summed E-state index contributed by atoms with van der Waals surface area (Å²) in [6.45, 7) is 2.87. The number of ether oxygens (including phenoxy) is 2. The number of amides is 1. The molecular formula is C19H19NO5. The van der Waals surface area contributed by atoms with Gasteiger partial charge in [0, 0.05) is 5.56 Å². The van der Waals surface area contributed by atoms with Crippen molar-refractivity contribution in [3.8, 4) is 5.75 Å². The number of benzene rings is 2. The number of ketones is 1. The molecule has 1 atom stereocenters. The zero-order valence-electron chi connectivity index (χ0n) is 14.2. The highest BCUT2D eigenvalue weighted by Gasteiger charge is 2.22. The number of carbonyl (C=O) groups is 3. The van der Waals surface area contributed by atoms with E-state index in [4.69, 9.17) is 9.47 Å². The molecule has 130 valence electrons. The van der Waals surface area contributed by atoms with Gasteiger partial charge in [-0.25, -0.2) is 4.79 Å². The highest BCUT2D eigenvalue weighted by molar-refractivity contribution is 6.05.